The maximum Gasteiger partial charge on any atom is 0.438 e. The molecule has 0 amide bonds. The Morgan fingerprint density at radius 2 is 2.24 bits per heavy atom. The topological polar surface area (TPSA) is 95.5 Å². The highest BCUT2D eigenvalue weighted by Crippen LogP contribution is 2.12. The zero-order chi connectivity index (χ0) is 12.3. The number of nitrogen functional groups attached to an aromatic ring is 1. The average molecular weight is 241 g/mol. The zero-order valence-corrected chi connectivity index (χ0v) is 9.63. The molecule has 94 valence electrons. The van der Waals surface area contributed by atoms with Crippen LogP contribution in [-0.2, 0) is 9.47 Å². The summed E-state index contributed by atoms with van der Waals surface area (Å²) < 4.78 is 11.0. The van der Waals surface area contributed by atoms with E-state index in [1.807, 2.05) is 4.90 Å². The molecule has 17 heavy (non-hydrogen) atoms. The van der Waals surface area contributed by atoms with Crippen molar-refractivity contribution in [1.29, 1.82) is 0 Å². The summed E-state index contributed by atoms with van der Waals surface area (Å²) in [6.07, 6.45) is -0.614. The number of hydrogen-bond acceptors (Lipinski definition) is 7. The van der Waals surface area contributed by atoms with Gasteiger partial charge in [-0.05, 0) is 6.92 Å². The highest BCUT2D eigenvalue weighted by Gasteiger charge is 2.20. The molecule has 8 heteroatoms. The van der Waals surface area contributed by atoms with Crippen LogP contribution in [-0.4, -0.2) is 53.8 Å². The van der Waals surface area contributed by atoms with E-state index in [0.29, 0.717) is 32.3 Å². The number of ether oxygens (including phenoxy) is 2. The Bertz CT molecular complexity index is 399. The Balaban J connectivity index is 2.14. The van der Waals surface area contributed by atoms with Crippen molar-refractivity contribution in [2.75, 3.05) is 43.5 Å². The molecule has 1 fully saturated rings. The van der Waals surface area contributed by atoms with E-state index >= 15 is 0 Å². The SMILES string of the molecule is CCOC(=O)n1nc(N2CCOCC2)nc1N. The first-order valence-corrected chi connectivity index (χ1v) is 5.44. The molecule has 0 radical (unpaired) electrons. The molecule has 1 aliphatic heterocycles. The van der Waals surface area contributed by atoms with Crippen molar-refractivity contribution in [2.24, 2.45) is 0 Å². The number of rotatable bonds is 2. The Hall–Kier alpha value is -1.83. The molecule has 0 atom stereocenters. The van der Waals surface area contributed by atoms with Crippen LogP contribution >= 0.6 is 0 Å². The molecule has 0 spiro atoms. The summed E-state index contributed by atoms with van der Waals surface area (Å²) in [6.45, 7) is 4.60. The first-order valence-electron chi connectivity index (χ1n) is 5.44. The minimum Gasteiger partial charge on any atom is -0.448 e. The van der Waals surface area contributed by atoms with Gasteiger partial charge >= 0.3 is 6.09 Å². The maximum absolute atomic E-state index is 11.5. The smallest absolute Gasteiger partial charge is 0.438 e. The minimum atomic E-state index is -0.614. The van der Waals surface area contributed by atoms with Gasteiger partial charge in [0.25, 0.3) is 0 Å². The molecule has 2 N–H and O–H groups in total. The van der Waals surface area contributed by atoms with E-state index in [0.717, 1.165) is 4.68 Å². The van der Waals surface area contributed by atoms with E-state index in [1.165, 1.54) is 0 Å². The van der Waals surface area contributed by atoms with Crippen molar-refractivity contribution in [1.82, 2.24) is 14.8 Å². The monoisotopic (exact) mass is 241 g/mol. The third kappa shape index (κ3) is 2.47. The molecule has 2 rings (SSSR count). The fourth-order valence-electron chi connectivity index (χ4n) is 1.53. The highest BCUT2D eigenvalue weighted by molar-refractivity contribution is 5.72. The van der Waals surface area contributed by atoms with E-state index in [9.17, 15) is 4.79 Å². The van der Waals surface area contributed by atoms with Crippen molar-refractivity contribution in [2.45, 2.75) is 6.92 Å². The van der Waals surface area contributed by atoms with Crippen LogP contribution in [0.1, 0.15) is 6.92 Å². The second-order valence-electron chi connectivity index (χ2n) is 3.48. The number of nitrogens with zero attached hydrogens (tertiary/aromatic N) is 4. The molecule has 0 unspecified atom stereocenters. The third-order valence-electron chi connectivity index (χ3n) is 2.36. The lowest BCUT2D eigenvalue weighted by Crippen LogP contribution is -2.37. The predicted molar refractivity (Wildman–Crippen MR) is 59.9 cm³/mol. The molecule has 0 bridgehead atoms. The predicted octanol–water partition coefficient (Wildman–Crippen LogP) is -0.298. The molecular weight excluding hydrogens is 226 g/mol. The van der Waals surface area contributed by atoms with Gasteiger partial charge in [0.15, 0.2) is 0 Å². The molecular formula is C9H15N5O3. The van der Waals surface area contributed by atoms with E-state index < -0.39 is 6.09 Å². The normalized spacial score (nSPS) is 15.9. The fraction of sp³-hybridized carbons (Fsp3) is 0.667. The van der Waals surface area contributed by atoms with Crippen molar-refractivity contribution in [3.8, 4) is 0 Å². The minimum absolute atomic E-state index is 0.0324. The number of hydrogen-bond donors (Lipinski definition) is 1. The Morgan fingerprint density at radius 3 is 2.88 bits per heavy atom. The second-order valence-corrected chi connectivity index (χ2v) is 3.48. The van der Waals surface area contributed by atoms with Crippen LogP contribution in [0.2, 0.25) is 0 Å². The van der Waals surface area contributed by atoms with Crippen LogP contribution in [0.4, 0.5) is 16.7 Å². The number of aromatic nitrogens is 3. The molecule has 1 aromatic heterocycles. The van der Waals surface area contributed by atoms with Gasteiger partial charge in [-0.1, -0.05) is 0 Å². The van der Waals surface area contributed by atoms with Crippen molar-refractivity contribution < 1.29 is 14.3 Å². The lowest BCUT2D eigenvalue weighted by molar-refractivity contribution is 0.122. The summed E-state index contributed by atoms with van der Waals surface area (Å²) in [5, 5.41) is 4.03. The van der Waals surface area contributed by atoms with Crippen LogP contribution in [0.3, 0.4) is 0 Å². The van der Waals surface area contributed by atoms with Gasteiger partial charge in [0, 0.05) is 13.1 Å². The molecule has 8 nitrogen and oxygen atoms in total. The van der Waals surface area contributed by atoms with Gasteiger partial charge in [-0.15, -0.1) is 9.78 Å². The van der Waals surface area contributed by atoms with Crippen LogP contribution in [0, 0.1) is 0 Å². The largest absolute Gasteiger partial charge is 0.448 e. The van der Waals surface area contributed by atoms with Gasteiger partial charge in [-0.2, -0.15) is 4.98 Å². The maximum atomic E-state index is 11.5. The van der Waals surface area contributed by atoms with Gasteiger partial charge in [0.05, 0.1) is 19.8 Å². The van der Waals surface area contributed by atoms with Crippen LogP contribution in [0.5, 0.6) is 0 Å². The van der Waals surface area contributed by atoms with E-state index in [4.69, 9.17) is 15.2 Å². The molecule has 1 saturated heterocycles. The van der Waals surface area contributed by atoms with E-state index in [-0.39, 0.29) is 12.6 Å². The van der Waals surface area contributed by atoms with Crippen LogP contribution < -0.4 is 10.6 Å². The number of anilines is 2. The first kappa shape index (κ1) is 11.6. The summed E-state index contributed by atoms with van der Waals surface area (Å²) in [5.41, 5.74) is 5.61. The number of carbonyl (C=O) groups excluding carboxylic acids is 1. The molecule has 1 aromatic rings. The zero-order valence-electron chi connectivity index (χ0n) is 9.63. The van der Waals surface area contributed by atoms with E-state index in [1.54, 1.807) is 6.92 Å². The second kappa shape index (κ2) is 5.00. The lowest BCUT2D eigenvalue weighted by atomic mass is 10.4. The van der Waals surface area contributed by atoms with Crippen LogP contribution in [0.25, 0.3) is 0 Å². The molecule has 1 aliphatic rings. The van der Waals surface area contributed by atoms with Crippen LogP contribution in [0.15, 0.2) is 0 Å². The summed E-state index contributed by atoms with van der Waals surface area (Å²) >= 11 is 0. The first-order chi connectivity index (χ1) is 8.22. The summed E-state index contributed by atoms with van der Waals surface area (Å²) in [5.74, 6) is 0.462. The summed E-state index contributed by atoms with van der Waals surface area (Å²) in [4.78, 5) is 17.4. The van der Waals surface area contributed by atoms with Crippen molar-refractivity contribution in [3.05, 3.63) is 0 Å². The fourth-order valence-corrected chi connectivity index (χ4v) is 1.53. The van der Waals surface area contributed by atoms with Crippen molar-refractivity contribution in [3.63, 3.8) is 0 Å². The Kier molecular flexibility index (Phi) is 3.43. The molecule has 0 aromatic carbocycles. The van der Waals surface area contributed by atoms with Gasteiger partial charge in [-0.25, -0.2) is 4.79 Å². The van der Waals surface area contributed by atoms with E-state index in [2.05, 4.69) is 10.1 Å². The molecule has 0 saturated carbocycles. The standard InChI is InChI=1S/C9H15N5O3/c1-2-17-9(15)14-7(10)11-8(12-14)13-3-5-16-6-4-13/h2-6H2,1H3,(H2,10,11,12). The number of carbonyl (C=O) groups is 1. The number of nitrogens with two attached hydrogens (primary N) is 1. The number of morpholine rings is 1. The average Bonchev–Trinajstić information content (AvgIpc) is 2.73. The quantitative estimate of drug-likeness (QED) is 0.759. The van der Waals surface area contributed by atoms with Gasteiger partial charge in [0.2, 0.25) is 11.9 Å². The Labute approximate surface area is 98.3 Å². The molecule has 2 heterocycles. The van der Waals surface area contributed by atoms with Gasteiger partial charge in [0.1, 0.15) is 0 Å². The van der Waals surface area contributed by atoms with Crippen molar-refractivity contribution >= 4 is 18.0 Å². The van der Waals surface area contributed by atoms with Gasteiger partial charge < -0.3 is 20.1 Å². The van der Waals surface area contributed by atoms with Gasteiger partial charge in [-0.3, -0.25) is 0 Å². The highest BCUT2D eigenvalue weighted by atomic mass is 16.6. The lowest BCUT2D eigenvalue weighted by Gasteiger charge is -2.25. The summed E-state index contributed by atoms with van der Waals surface area (Å²) in [7, 11) is 0. The summed E-state index contributed by atoms with van der Waals surface area (Å²) in [6, 6.07) is 0. The Morgan fingerprint density at radius 1 is 1.53 bits per heavy atom. The third-order valence-corrected chi connectivity index (χ3v) is 2.36. The molecule has 0 aliphatic carbocycles.